The monoisotopic (exact) mass is 580 g/mol. The highest BCUT2D eigenvalue weighted by Crippen LogP contribution is 2.59. The SMILES string of the molecule is C=CCN(CCN1CCOCC1)C(=O)C1N(CCCO)C(=O)[C@@H]2[C@@H](C(=O)N(CC=C)Cc3ccccc3)[C@H]3CCC12O3. The smallest absolute Gasteiger partial charge is 0.248 e. The van der Waals surface area contributed by atoms with Crippen LogP contribution in [-0.4, -0.2) is 126 Å². The molecule has 1 aromatic carbocycles. The van der Waals surface area contributed by atoms with Crippen LogP contribution in [0.3, 0.4) is 0 Å². The van der Waals surface area contributed by atoms with E-state index in [1.165, 1.54) is 0 Å². The van der Waals surface area contributed by atoms with Crippen LogP contribution >= 0.6 is 0 Å². The molecule has 10 heteroatoms. The maximum Gasteiger partial charge on any atom is 0.248 e. The van der Waals surface area contributed by atoms with Gasteiger partial charge in [-0.15, -0.1) is 13.2 Å². The van der Waals surface area contributed by atoms with E-state index in [0.717, 1.165) is 18.7 Å². The third-order valence-corrected chi connectivity index (χ3v) is 9.20. The molecule has 2 bridgehead atoms. The number of aliphatic hydroxyl groups excluding tert-OH is 1. The first-order chi connectivity index (χ1) is 20.4. The van der Waals surface area contributed by atoms with Crippen LogP contribution in [0.4, 0.5) is 0 Å². The van der Waals surface area contributed by atoms with Crippen LogP contribution < -0.4 is 0 Å². The van der Waals surface area contributed by atoms with Crippen molar-refractivity contribution in [2.24, 2.45) is 11.8 Å². The van der Waals surface area contributed by atoms with Crippen LogP contribution in [0.15, 0.2) is 55.6 Å². The van der Waals surface area contributed by atoms with E-state index in [2.05, 4.69) is 18.1 Å². The summed E-state index contributed by atoms with van der Waals surface area (Å²) in [6, 6.07) is 8.90. The Morgan fingerprint density at radius 2 is 1.76 bits per heavy atom. The Balaban J connectivity index is 1.42. The zero-order chi connectivity index (χ0) is 29.7. The number of rotatable bonds is 14. The van der Waals surface area contributed by atoms with Gasteiger partial charge in [-0.3, -0.25) is 19.3 Å². The van der Waals surface area contributed by atoms with Gasteiger partial charge in [0, 0.05) is 59.0 Å². The Morgan fingerprint density at radius 3 is 2.45 bits per heavy atom. The lowest BCUT2D eigenvalue weighted by molar-refractivity contribution is -0.149. The number of carbonyl (C=O) groups excluding carboxylic acids is 3. The number of ether oxygens (including phenoxy) is 2. The number of fused-ring (bicyclic) bond motifs is 1. The molecule has 0 radical (unpaired) electrons. The quantitative estimate of drug-likeness (QED) is 0.331. The minimum atomic E-state index is -1.07. The minimum Gasteiger partial charge on any atom is -0.396 e. The van der Waals surface area contributed by atoms with E-state index in [1.54, 1.807) is 26.9 Å². The van der Waals surface area contributed by atoms with Crippen LogP contribution in [0.2, 0.25) is 0 Å². The molecule has 4 saturated heterocycles. The van der Waals surface area contributed by atoms with Gasteiger partial charge in [0.15, 0.2) is 0 Å². The third-order valence-electron chi connectivity index (χ3n) is 9.20. The van der Waals surface area contributed by atoms with Crippen LogP contribution in [0.5, 0.6) is 0 Å². The predicted octanol–water partition coefficient (Wildman–Crippen LogP) is 1.31. The van der Waals surface area contributed by atoms with Gasteiger partial charge in [0.05, 0.1) is 31.2 Å². The standard InChI is InChI=1S/C32H44N4O6/c1-3-13-34(17-16-33-18-21-41-22-19-33)31(40)28-32-12-11-25(42-32)26(27(32)30(39)36(28)15-8-20-37)29(38)35(14-4-2)23-24-9-6-5-7-10-24/h3-7,9-10,25-28,37H,1-2,8,11-23H2/t25-,26+,27+,28?,32?/m1/s1. The molecular formula is C32H44N4O6. The maximum absolute atomic E-state index is 14.4. The van der Waals surface area contributed by atoms with Gasteiger partial charge in [0.25, 0.3) is 0 Å². The summed E-state index contributed by atoms with van der Waals surface area (Å²) >= 11 is 0. The molecule has 228 valence electrons. The molecule has 2 unspecified atom stereocenters. The number of carbonyl (C=O) groups is 3. The molecule has 5 rings (SSSR count). The molecule has 4 aliphatic heterocycles. The molecule has 1 N–H and O–H groups in total. The molecule has 42 heavy (non-hydrogen) atoms. The summed E-state index contributed by atoms with van der Waals surface area (Å²) in [5, 5.41) is 9.64. The first-order valence-corrected chi connectivity index (χ1v) is 15.2. The zero-order valence-electron chi connectivity index (χ0n) is 24.4. The average Bonchev–Trinajstić information content (AvgIpc) is 3.65. The van der Waals surface area contributed by atoms with E-state index < -0.39 is 29.6 Å². The van der Waals surface area contributed by atoms with Gasteiger partial charge >= 0.3 is 0 Å². The largest absolute Gasteiger partial charge is 0.396 e. The summed E-state index contributed by atoms with van der Waals surface area (Å²) < 4.78 is 12.1. The Morgan fingerprint density at radius 1 is 1.05 bits per heavy atom. The van der Waals surface area contributed by atoms with Gasteiger partial charge in [0.1, 0.15) is 11.6 Å². The molecular weight excluding hydrogens is 536 g/mol. The van der Waals surface area contributed by atoms with E-state index in [9.17, 15) is 19.5 Å². The third kappa shape index (κ3) is 5.77. The highest BCUT2D eigenvalue weighted by Gasteiger charge is 2.74. The first-order valence-electron chi connectivity index (χ1n) is 15.2. The van der Waals surface area contributed by atoms with Gasteiger partial charge in [-0.25, -0.2) is 0 Å². The van der Waals surface area contributed by atoms with Crippen molar-refractivity contribution in [1.82, 2.24) is 19.6 Å². The van der Waals surface area contributed by atoms with E-state index in [-0.39, 0.29) is 30.9 Å². The Hall–Kier alpha value is -3.05. The van der Waals surface area contributed by atoms with E-state index >= 15 is 0 Å². The summed E-state index contributed by atoms with van der Waals surface area (Å²) in [6.07, 6.45) is 4.47. The van der Waals surface area contributed by atoms with Crippen LogP contribution in [0.25, 0.3) is 0 Å². The number of benzene rings is 1. The number of amides is 3. The second kappa shape index (κ2) is 13.5. The fourth-order valence-electron chi connectivity index (χ4n) is 7.31. The molecule has 4 aliphatic rings. The number of hydrogen-bond acceptors (Lipinski definition) is 7. The number of likely N-dealkylation sites (tertiary alicyclic amines) is 1. The molecule has 1 spiro atoms. The lowest BCUT2D eigenvalue weighted by atomic mass is 9.70. The second-order valence-electron chi connectivity index (χ2n) is 11.7. The Bertz CT molecular complexity index is 1140. The first kappa shape index (κ1) is 30.4. The van der Waals surface area contributed by atoms with Crippen molar-refractivity contribution in [1.29, 1.82) is 0 Å². The lowest BCUT2D eigenvalue weighted by Crippen LogP contribution is -2.57. The fraction of sp³-hybridized carbons (Fsp3) is 0.594. The van der Waals surface area contributed by atoms with E-state index in [0.29, 0.717) is 65.2 Å². The number of nitrogens with zero attached hydrogens (tertiary/aromatic N) is 4. The maximum atomic E-state index is 14.4. The Kier molecular flexibility index (Phi) is 9.77. The van der Waals surface area contributed by atoms with Crippen LogP contribution in [-0.2, 0) is 30.4 Å². The summed E-state index contributed by atoms with van der Waals surface area (Å²) in [5.74, 6) is -1.98. The highest BCUT2D eigenvalue weighted by atomic mass is 16.5. The Labute approximate surface area is 248 Å². The van der Waals surface area contributed by atoms with Crippen molar-refractivity contribution in [2.45, 2.75) is 43.6 Å². The lowest BCUT2D eigenvalue weighted by Gasteiger charge is -2.37. The van der Waals surface area contributed by atoms with Gasteiger partial charge in [-0.05, 0) is 24.8 Å². The molecule has 0 saturated carbocycles. The molecule has 3 amide bonds. The highest BCUT2D eigenvalue weighted by molar-refractivity contribution is 5.99. The molecule has 5 atom stereocenters. The topological polar surface area (TPSA) is 103 Å². The molecule has 0 aliphatic carbocycles. The molecule has 4 fully saturated rings. The zero-order valence-corrected chi connectivity index (χ0v) is 24.4. The van der Waals surface area contributed by atoms with Crippen molar-refractivity contribution in [3.63, 3.8) is 0 Å². The summed E-state index contributed by atoms with van der Waals surface area (Å²) in [7, 11) is 0. The fourth-order valence-corrected chi connectivity index (χ4v) is 7.31. The van der Waals surface area contributed by atoms with Crippen molar-refractivity contribution in [2.75, 3.05) is 65.6 Å². The molecule has 4 heterocycles. The van der Waals surface area contributed by atoms with Crippen LogP contribution in [0, 0.1) is 11.8 Å². The summed E-state index contributed by atoms with van der Waals surface area (Å²) in [6.45, 7) is 13.1. The minimum absolute atomic E-state index is 0.105. The summed E-state index contributed by atoms with van der Waals surface area (Å²) in [5.41, 5.74) is -0.0817. The van der Waals surface area contributed by atoms with Gasteiger partial charge in [-0.1, -0.05) is 42.5 Å². The average molecular weight is 581 g/mol. The van der Waals surface area contributed by atoms with Crippen molar-refractivity contribution >= 4 is 17.7 Å². The van der Waals surface area contributed by atoms with Crippen molar-refractivity contribution in [3.8, 4) is 0 Å². The molecule has 1 aromatic rings. The van der Waals surface area contributed by atoms with Gasteiger partial charge < -0.3 is 29.3 Å². The number of hydrogen-bond donors (Lipinski definition) is 1. The summed E-state index contributed by atoms with van der Waals surface area (Å²) in [4.78, 5) is 50.1. The molecule has 0 aromatic heterocycles. The molecule has 10 nitrogen and oxygen atoms in total. The second-order valence-corrected chi connectivity index (χ2v) is 11.7. The van der Waals surface area contributed by atoms with E-state index in [4.69, 9.17) is 9.47 Å². The van der Waals surface area contributed by atoms with Crippen molar-refractivity contribution < 1.29 is 29.0 Å². The predicted molar refractivity (Wildman–Crippen MR) is 157 cm³/mol. The normalized spacial score (nSPS) is 28.5. The van der Waals surface area contributed by atoms with Gasteiger partial charge in [0.2, 0.25) is 17.7 Å². The number of morpholine rings is 1. The number of aliphatic hydroxyl groups is 1. The van der Waals surface area contributed by atoms with E-state index in [1.807, 2.05) is 30.3 Å². The van der Waals surface area contributed by atoms with Crippen molar-refractivity contribution in [3.05, 3.63) is 61.2 Å². The van der Waals surface area contributed by atoms with Crippen LogP contribution in [0.1, 0.15) is 24.8 Å². The van der Waals surface area contributed by atoms with Gasteiger partial charge in [-0.2, -0.15) is 0 Å².